The van der Waals surface area contributed by atoms with Gasteiger partial charge in [-0.15, -0.1) is 10.2 Å². The third kappa shape index (κ3) is 3.65. The summed E-state index contributed by atoms with van der Waals surface area (Å²) in [5.41, 5.74) is 5.82. The van der Waals surface area contributed by atoms with Crippen LogP contribution in [0.25, 0.3) is 0 Å². The lowest BCUT2D eigenvalue weighted by atomic mass is 10.00. The second kappa shape index (κ2) is 6.14. The van der Waals surface area contributed by atoms with Gasteiger partial charge in [0.05, 0.1) is 6.54 Å². The van der Waals surface area contributed by atoms with E-state index in [0.717, 1.165) is 5.56 Å². The summed E-state index contributed by atoms with van der Waals surface area (Å²) in [6.07, 6.45) is 0.502. The smallest absolute Gasteiger partial charge is 0.404 e. The van der Waals surface area contributed by atoms with Crippen LogP contribution < -0.4 is 5.73 Å². The Hall–Kier alpha value is -2.15. The quantitative estimate of drug-likeness (QED) is 0.888. The molecule has 1 aromatic heterocycles. The first-order valence-electron chi connectivity index (χ1n) is 5.54. The van der Waals surface area contributed by atoms with E-state index in [2.05, 4.69) is 15.4 Å². The lowest BCUT2D eigenvalue weighted by molar-refractivity contribution is 0.144. The molecule has 1 heterocycles. The molecule has 1 atom stereocenters. The number of rotatable bonds is 5. The summed E-state index contributed by atoms with van der Waals surface area (Å²) in [5.74, 6) is -0.199. The number of hydrogen-bond acceptors (Lipinski definition) is 5. The van der Waals surface area contributed by atoms with Crippen LogP contribution in [-0.4, -0.2) is 32.9 Å². The van der Waals surface area contributed by atoms with Gasteiger partial charge < -0.3 is 10.5 Å². The van der Waals surface area contributed by atoms with Crippen molar-refractivity contribution in [1.82, 2.24) is 20.2 Å². The van der Waals surface area contributed by atoms with E-state index >= 15 is 0 Å². The third-order valence-corrected chi connectivity index (χ3v) is 2.89. The summed E-state index contributed by atoms with van der Waals surface area (Å²) in [6.45, 7) is 0.484. The Balaban J connectivity index is 2.18. The molecule has 8 heteroatoms. The summed E-state index contributed by atoms with van der Waals surface area (Å²) >= 11 is 6.14. The molecule has 0 saturated heterocycles. The second-order valence-corrected chi connectivity index (χ2v) is 4.25. The van der Waals surface area contributed by atoms with E-state index in [4.69, 9.17) is 22.1 Å². The maximum atomic E-state index is 10.7. The average molecular weight is 282 g/mol. The van der Waals surface area contributed by atoms with Gasteiger partial charge in [0.2, 0.25) is 0 Å². The van der Waals surface area contributed by atoms with Crippen LogP contribution in [0.15, 0.2) is 30.6 Å². The molecule has 1 aromatic carbocycles. The Labute approximate surface area is 114 Å². The van der Waals surface area contributed by atoms with Gasteiger partial charge in [0.15, 0.2) is 6.33 Å². The molecule has 19 heavy (non-hydrogen) atoms. The number of carbonyl (C=O) groups is 1. The largest absolute Gasteiger partial charge is 0.449 e. The normalized spacial score (nSPS) is 12.1. The van der Waals surface area contributed by atoms with Crippen LogP contribution in [-0.2, 0) is 11.3 Å². The lowest BCUT2D eigenvalue weighted by Gasteiger charge is -2.17. The number of carbonyl (C=O) groups excluding carboxylic acids is 1. The van der Waals surface area contributed by atoms with Gasteiger partial charge in [-0.2, -0.15) is 4.80 Å². The van der Waals surface area contributed by atoms with Gasteiger partial charge in [-0.25, -0.2) is 4.79 Å². The van der Waals surface area contributed by atoms with Crippen molar-refractivity contribution in [2.24, 2.45) is 5.73 Å². The molecule has 0 aliphatic carbocycles. The van der Waals surface area contributed by atoms with Crippen LogP contribution in [0, 0.1) is 0 Å². The first-order chi connectivity index (χ1) is 9.16. The van der Waals surface area contributed by atoms with Crippen LogP contribution in [0.4, 0.5) is 4.79 Å². The summed E-state index contributed by atoms with van der Waals surface area (Å²) < 4.78 is 4.85. The highest BCUT2D eigenvalue weighted by Gasteiger charge is 2.18. The highest BCUT2D eigenvalue weighted by atomic mass is 35.5. The molecule has 0 radical (unpaired) electrons. The minimum atomic E-state index is -0.830. The molecule has 0 bridgehead atoms. The zero-order chi connectivity index (χ0) is 13.7. The first-order valence-corrected chi connectivity index (χ1v) is 5.92. The Morgan fingerprint density at radius 3 is 2.89 bits per heavy atom. The van der Waals surface area contributed by atoms with Crippen molar-refractivity contribution in [2.75, 3.05) is 6.61 Å². The van der Waals surface area contributed by atoms with E-state index in [0.29, 0.717) is 11.6 Å². The van der Waals surface area contributed by atoms with Crippen molar-refractivity contribution in [3.05, 3.63) is 41.2 Å². The maximum absolute atomic E-state index is 10.7. The number of nitrogens with two attached hydrogens (primary N) is 1. The molecule has 0 fully saturated rings. The molecule has 2 aromatic rings. The number of ether oxygens (including phenoxy) is 1. The van der Waals surface area contributed by atoms with Crippen molar-refractivity contribution < 1.29 is 9.53 Å². The fourth-order valence-electron chi connectivity index (χ4n) is 1.70. The number of hydrogen-bond donors (Lipinski definition) is 1. The lowest BCUT2D eigenvalue weighted by Crippen LogP contribution is -2.22. The summed E-state index contributed by atoms with van der Waals surface area (Å²) in [4.78, 5) is 12.1. The molecule has 1 unspecified atom stereocenters. The standard InChI is InChI=1S/C11H12ClN5O2/c12-10-4-2-1-3-9(10)8(6-19-11(13)18)5-17-15-7-14-16-17/h1-4,7-8H,5-6H2,(H2,13,18). The van der Waals surface area contributed by atoms with E-state index in [1.807, 2.05) is 18.2 Å². The van der Waals surface area contributed by atoms with Crippen LogP contribution in [0.5, 0.6) is 0 Å². The van der Waals surface area contributed by atoms with Gasteiger partial charge in [-0.05, 0) is 16.8 Å². The van der Waals surface area contributed by atoms with E-state index in [1.165, 1.54) is 11.1 Å². The highest BCUT2D eigenvalue weighted by Crippen LogP contribution is 2.25. The van der Waals surface area contributed by atoms with Gasteiger partial charge in [0, 0.05) is 10.9 Å². The third-order valence-electron chi connectivity index (χ3n) is 2.55. The Morgan fingerprint density at radius 2 is 2.26 bits per heavy atom. The molecular weight excluding hydrogens is 270 g/mol. The molecule has 0 aliphatic heterocycles. The molecule has 2 rings (SSSR count). The minimum Gasteiger partial charge on any atom is -0.449 e. The predicted octanol–water partition coefficient (Wildman–Crippen LogP) is 1.21. The number of amides is 1. The van der Waals surface area contributed by atoms with E-state index in [1.54, 1.807) is 6.07 Å². The number of aromatic nitrogens is 4. The van der Waals surface area contributed by atoms with Crippen LogP contribution in [0.2, 0.25) is 5.02 Å². The Morgan fingerprint density at radius 1 is 1.47 bits per heavy atom. The Kier molecular flexibility index (Phi) is 4.30. The van der Waals surface area contributed by atoms with Gasteiger partial charge in [0.1, 0.15) is 6.61 Å². The van der Waals surface area contributed by atoms with Crippen molar-refractivity contribution in [2.45, 2.75) is 12.5 Å². The van der Waals surface area contributed by atoms with E-state index < -0.39 is 6.09 Å². The van der Waals surface area contributed by atoms with Crippen LogP contribution >= 0.6 is 11.6 Å². The van der Waals surface area contributed by atoms with Gasteiger partial charge in [-0.3, -0.25) is 0 Å². The zero-order valence-corrected chi connectivity index (χ0v) is 10.7. The monoisotopic (exact) mass is 281 g/mol. The summed E-state index contributed by atoms with van der Waals surface area (Å²) in [5, 5.41) is 11.9. The topological polar surface area (TPSA) is 95.9 Å². The molecule has 7 nitrogen and oxygen atoms in total. The van der Waals surface area contributed by atoms with Gasteiger partial charge in [0.25, 0.3) is 0 Å². The van der Waals surface area contributed by atoms with E-state index in [9.17, 15) is 4.79 Å². The van der Waals surface area contributed by atoms with E-state index in [-0.39, 0.29) is 12.5 Å². The highest BCUT2D eigenvalue weighted by molar-refractivity contribution is 6.31. The number of primary amides is 1. The number of benzene rings is 1. The average Bonchev–Trinajstić information content (AvgIpc) is 2.88. The fourth-order valence-corrected chi connectivity index (χ4v) is 1.99. The summed E-state index contributed by atoms with van der Waals surface area (Å²) in [6, 6.07) is 7.30. The maximum Gasteiger partial charge on any atom is 0.404 e. The van der Waals surface area contributed by atoms with Crippen molar-refractivity contribution in [3.63, 3.8) is 0 Å². The summed E-state index contributed by atoms with van der Waals surface area (Å²) in [7, 11) is 0. The van der Waals surface area contributed by atoms with Crippen molar-refractivity contribution >= 4 is 17.7 Å². The van der Waals surface area contributed by atoms with Crippen LogP contribution in [0.3, 0.4) is 0 Å². The zero-order valence-electron chi connectivity index (χ0n) is 9.94. The first kappa shape index (κ1) is 13.3. The molecular formula is C11H12ClN5O2. The predicted molar refractivity (Wildman–Crippen MR) is 67.5 cm³/mol. The molecule has 100 valence electrons. The molecule has 2 N–H and O–H groups in total. The number of halogens is 1. The van der Waals surface area contributed by atoms with Crippen LogP contribution in [0.1, 0.15) is 11.5 Å². The number of tetrazole rings is 1. The molecule has 0 saturated carbocycles. The molecule has 0 spiro atoms. The molecule has 0 aliphatic rings. The molecule has 1 amide bonds. The van der Waals surface area contributed by atoms with Gasteiger partial charge in [-0.1, -0.05) is 29.8 Å². The minimum absolute atomic E-state index is 0.0978. The Bertz CT molecular complexity index is 546. The number of nitrogens with zero attached hydrogens (tertiary/aromatic N) is 4. The fraction of sp³-hybridized carbons (Fsp3) is 0.273. The SMILES string of the molecule is NC(=O)OCC(Cn1ncnn1)c1ccccc1Cl. The van der Waals surface area contributed by atoms with Gasteiger partial charge >= 0.3 is 6.09 Å². The van der Waals surface area contributed by atoms with Crippen molar-refractivity contribution in [1.29, 1.82) is 0 Å². The second-order valence-electron chi connectivity index (χ2n) is 3.84. The van der Waals surface area contributed by atoms with Crippen molar-refractivity contribution in [3.8, 4) is 0 Å².